The highest BCUT2D eigenvalue weighted by Crippen LogP contribution is 2.32. The van der Waals surface area contributed by atoms with Crippen molar-refractivity contribution in [1.29, 1.82) is 0 Å². The summed E-state index contributed by atoms with van der Waals surface area (Å²) in [5, 5.41) is 4.00. The second-order valence-corrected chi connectivity index (χ2v) is 9.86. The van der Waals surface area contributed by atoms with E-state index in [4.69, 9.17) is 4.18 Å². The number of hydrogen-bond donors (Lipinski definition) is 0. The maximum atomic E-state index is 13.1. The van der Waals surface area contributed by atoms with Gasteiger partial charge in [-0.25, -0.2) is 28.2 Å². The third kappa shape index (κ3) is 4.70. The van der Waals surface area contributed by atoms with Gasteiger partial charge in [0.1, 0.15) is 23.5 Å². The van der Waals surface area contributed by atoms with Crippen LogP contribution in [0.1, 0.15) is 32.4 Å². The van der Waals surface area contributed by atoms with Crippen LogP contribution in [0.3, 0.4) is 0 Å². The zero-order valence-corrected chi connectivity index (χ0v) is 18.7. The van der Waals surface area contributed by atoms with Crippen molar-refractivity contribution in [3.05, 3.63) is 36.4 Å². The molecule has 12 heteroatoms. The van der Waals surface area contributed by atoms with Crippen molar-refractivity contribution in [1.82, 2.24) is 24.6 Å². The molecule has 9 nitrogen and oxygen atoms in total. The van der Waals surface area contributed by atoms with Gasteiger partial charge < -0.3 is 4.90 Å². The number of hydrogen-bond acceptors (Lipinski definition) is 8. The summed E-state index contributed by atoms with van der Waals surface area (Å²) in [6.45, 7) is 4.93. The second kappa shape index (κ2) is 8.66. The van der Waals surface area contributed by atoms with E-state index in [2.05, 4.69) is 31.9 Å². The molecule has 1 aliphatic rings. The number of halogens is 2. The van der Waals surface area contributed by atoms with Gasteiger partial charge in [0.05, 0.1) is 24.8 Å². The van der Waals surface area contributed by atoms with Gasteiger partial charge in [-0.3, -0.25) is 4.18 Å². The van der Waals surface area contributed by atoms with Crippen molar-refractivity contribution < 1.29 is 21.4 Å². The van der Waals surface area contributed by atoms with Crippen LogP contribution in [0.4, 0.5) is 14.6 Å². The number of anilines is 1. The standard InChI is InChI=1S/C20H24F2N6O3S/c1-12-6-14(10-31-32(3,29)30)13(2)27(9-12)19-7-16(24-11-25-19)17-8-23-18-5-4-15(20(21)22)26-28(17)18/h4-5,7-8,11-14,20H,6,9-10H2,1-3H3. The van der Waals surface area contributed by atoms with Crippen LogP contribution < -0.4 is 4.90 Å². The first-order valence-corrected chi connectivity index (χ1v) is 12.0. The van der Waals surface area contributed by atoms with Gasteiger partial charge in [0.15, 0.2) is 5.65 Å². The summed E-state index contributed by atoms with van der Waals surface area (Å²) in [6, 6.07) is 4.48. The molecule has 1 saturated heterocycles. The van der Waals surface area contributed by atoms with Gasteiger partial charge in [-0.2, -0.15) is 13.5 Å². The van der Waals surface area contributed by atoms with Crippen molar-refractivity contribution >= 4 is 21.6 Å². The molecule has 1 aliphatic heterocycles. The van der Waals surface area contributed by atoms with Crippen molar-refractivity contribution in [2.75, 3.05) is 24.3 Å². The maximum Gasteiger partial charge on any atom is 0.282 e. The lowest BCUT2D eigenvalue weighted by Crippen LogP contribution is -2.48. The van der Waals surface area contributed by atoms with E-state index in [0.29, 0.717) is 28.8 Å². The highest BCUT2D eigenvalue weighted by molar-refractivity contribution is 7.85. The van der Waals surface area contributed by atoms with Crippen molar-refractivity contribution in [2.24, 2.45) is 11.8 Å². The molecule has 0 aromatic carbocycles. The molecule has 172 valence electrons. The summed E-state index contributed by atoms with van der Waals surface area (Å²) < 4.78 is 55.5. The van der Waals surface area contributed by atoms with Gasteiger partial charge in [0.2, 0.25) is 0 Å². The highest BCUT2D eigenvalue weighted by Gasteiger charge is 2.33. The van der Waals surface area contributed by atoms with Crippen molar-refractivity contribution in [2.45, 2.75) is 32.7 Å². The summed E-state index contributed by atoms with van der Waals surface area (Å²) >= 11 is 0. The third-order valence-electron chi connectivity index (χ3n) is 5.70. The first-order chi connectivity index (χ1) is 15.1. The molecule has 0 amide bonds. The number of alkyl halides is 2. The zero-order valence-electron chi connectivity index (χ0n) is 17.9. The van der Waals surface area contributed by atoms with Gasteiger partial charge in [-0.05, 0) is 31.4 Å². The van der Waals surface area contributed by atoms with E-state index >= 15 is 0 Å². The number of rotatable bonds is 6. The molecule has 4 heterocycles. The number of imidazole rings is 1. The minimum atomic E-state index is -3.53. The largest absolute Gasteiger partial charge is 0.353 e. The minimum Gasteiger partial charge on any atom is -0.353 e. The van der Waals surface area contributed by atoms with Crippen LogP contribution in [0.5, 0.6) is 0 Å². The normalized spacial score (nSPS) is 22.1. The van der Waals surface area contributed by atoms with Crippen molar-refractivity contribution in [3.8, 4) is 11.4 Å². The number of fused-ring (bicyclic) bond motifs is 1. The van der Waals surface area contributed by atoms with E-state index in [0.717, 1.165) is 19.2 Å². The van der Waals surface area contributed by atoms with E-state index in [9.17, 15) is 17.2 Å². The molecule has 4 rings (SSSR count). The molecular formula is C20H24F2N6O3S. The molecule has 0 radical (unpaired) electrons. The molecule has 0 spiro atoms. The molecule has 3 unspecified atom stereocenters. The Balaban J connectivity index is 1.65. The van der Waals surface area contributed by atoms with Crippen LogP contribution in [-0.2, 0) is 14.3 Å². The molecule has 0 aliphatic carbocycles. The summed E-state index contributed by atoms with van der Waals surface area (Å²) in [4.78, 5) is 15.0. The quantitative estimate of drug-likeness (QED) is 0.511. The Morgan fingerprint density at radius 1 is 1.22 bits per heavy atom. The summed E-state index contributed by atoms with van der Waals surface area (Å²) in [5.41, 5.74) is 1.05. The lowest BCUT2D eigenvalue weighted by atomic mass is 9.85. The van der Waals surface area contributed by atoms with Gasteiger partial charge >= 0.3 is 0 Å². The van der Waals surface area contributed by atoms with Gasteiger partial charge in [0.25, 0.3) is 16.5 Å². The number of aromatic nitrogens is 5. The van der Waals surface area contributed by atoms with Crippen LogP contribution >= 0.6 is 0 Å². The Morgan fingerprint density at radius 3 is 2.72 bits per heavy atom. The second-order valence-electron chi connectivity index (χ2n) is 8.22. The van der Waals surface area contributed by atoms with Gasteiger partial charge in [-0.1, -0.05) is 6.92 Å². The summed E-state index contributed by atoms with van der Waals surface area (Å²) in [7, 11) is -3.53. The maximum absolute atomic E-state index is 13.1. The molecule has 3 aromatic rings. The lowest BCUT2D eigenvalue weighted by Gasteiger charge is -2.42. The minimum absolute atomic E-state index is 0.00189. The van der Waals surface area contributed by atoms with E-state index in [1.807, 2.05) is 6.92 Å². The Hall–Kier alpha value is -2.73. The zero-order chi connectivity index (χ0) is 23.0. The molecule has 1 fully saturated rings. The molecule has 0 bridgehead atoms. The van der Waals surface area contributed by atoms with E-state index in [1.165, 1.54) is 29.2 Å². The molecule has 0 saturated carbocycles. The molecule has 0 N–H and O–H groups in total. The number of nitrogens with zero attached hydrogens (tertiary/aromatic N) is 6. The van der Waals surface area contributed by atoms with Crippen LogP contribution in [0.15, 0.2) is 30.7 Å². The Morgan fingerprint density at radius 2 is 2.00 bits per heavy atom. The first-order valence-electron chi connectivity index (χ1n) is 10.2. The van der Waals surface area contributed by atoms with E-state index in [-0.39, 0.29) is 24.3 Å². The van der Waals surface area contributed by atoms with E-state index in [1.54, 1.807) is 6.07 Å². The SMILES string of the molecule is CC1CC(COS(C)(=O)=O)C(C)N(c2cc(-c3cnc4ccc(C(F)F)nn34)ncn2)C1. The fraction of sp³-hybridized carbons (Fsp3) is 0.500. The summed E-state index contributed by atoms with van der Waals surface area (Å²) in [6.07, 6.45) is 2.13. The predicted molar refractivity (Wildman–Crippen MR) is 114 cm³/mol. The molecular weight excluding hydrogens is 442 g/mol. The average molecular weight is 467 g/mol. The molecule has 3 aromatic heterocycles. The topological polar surface area (TPSA) is 103 Å². The van der Waals surface area contributed by atoms with Crippen LogP contribution in [0, 0.1) is 11.8 Å². The fourth-order valence-electron chi connectivity index (χ4n) is 4.09. The van der Waals surface area contributed by atoms with E-state index < -0.39 is 16.5 Å². The van der Waals surface area contributed by atoms with Crippen molar-refractivity contribution in [3.63, 3.8) is 0 Å². The monoisotopic (exact) mass is 466 g/mol. The molecule has 32 heavy (non-hydrogen) atoms. The first kappa shape index (κ1) is 22.5. The number of piperidine rings is 1. The van der Waals surface area contributed by atoms with Crippen LogP contribution in [0.2, 0.25) is 0 Å². The molecule has 3 atom stereocenters. The third-order valence-corrected chi connectivity index (χ3v) is 6.26. The highest BCUT2D eigenvalue weighted by atomic mass is 32.2. The Kier molecular flexibility index (Phi) is 6.08. The van der Waals surface area contributed by atoms with Crippen LogP contribution in [-0.4, -0.2) is 58.4 Å². The summed E-state index contributed by atoms with van der Waals surface area (Å²) in [5.74, 6) is 0.945. The Bertz CT molecular complexity index is 1220. The average Bonchev–Trinajstić information content (AvgIpc) is 3.17. The Labute approximate surface area is 184 Å². The van der Waals surface area contributed by atoms with Crippen LogP contribution in [0.25, 0.3) is 17.0 Å². The fourth-order valence-corrected chi connectivity index (χ4v) is 4.51. The smallest absolute Gasteiger partial charge is 0.282 e. The van der Waals surface area contributed by atoms with Gasteiger partial charge in [-0.15, -0.1) is 0 Å². The predicted octanol–water partition coefficient (Wildman–Crippen LogP) is 2.95. The van der Waals surface area contributed by atoms with Gasteiger partial charge in [0, 0.05) is 24.6 Å². The lowest BCUT2D eigenvalue weighted by molar-refractivity contribution is 0.144.